The summed E-state index contributed by atoms with van der Waals surface area (Å²) in [6.07, 6.45) is 4.47. The predicted molar refractivity (Wildman–Crippen MR) is 80.5 cm³/mol. The topological polar surface area (TPSA) is 43.6 Å². The maximum atomic E-state index is 11.5. The van der Waals surface area contributed by atoms with Crippen molar-refractivity contribution < 1.29 is 9.53 Å². The standard InChI is InChI=1S/C17H16N2O2/c1-12-4-3-5-13(8-12)9-15-11-19-10-14(17(20)21-2)6-7-16(19)18-15/h3-8,10-11H,9H2,1-2H3. The number of methoxy groups -OCH3 is 1. The van der Waals surface area contributed by atoms with Crippen molar-refractivity contribution in [1.82, 2.24) is 9.38 Å². The zero-order chi connectivity index (χ0) is 14.8. The Hall–Kier alpha value is -2.62. The average molecular weight is 280 g/mol. The lowest BCUT2D eigenvalue weighted by Gasteiger charge is -1.99. The molecule has 0 amide bonds. The van der Waals surface area contributed by atoms with Gasteiger partial charge in [0.1, 0.15) is 5.65 Å². The molecule has 0 spiro atoms. The van der Waals surface area contributed by atoms with Crippen molar-refractivity contribution >= 4 is 11.6 Å². The minimum atomic E-state index is -0.342. The summed E-state index contributed by atoms with van der Waals surface area (Å²) in [5, 5.41) is 0. The van der Waals surface area contributed by atoms with Gasteiger partial charge in [-0.3, -0.25) is 0 Å². The number of hydrogen-bond donors (Lipinski definition) is 0. The molecule has 2 aromatic heterocycles. The van der Waals surface area contributed by atoms with Crippen LogP contribution in [0.1, 0.15) is 27.2 Å². The maximum Gasteiger partial charge on any atom is 0.339 e. The smallest absolute Gasteiger partial charge is 0.339 e. The number of pyridine rings is 1. The molecule has 2 heterocycles. The molecule has 3 rings (SSSR count). The summed E-state index contributed by atoms with van der Waals surface area (Å²) < 4.78 is 6.59. The Morgan fingerprint density at radius 3 is 2.86 bits per heavy atom. The van der Waals surface area contributed by atoms with Crippen LogP contribution < -0.4 is 0 Å². The van der Waals surface area contributed by atoms with Gasteiger partial charge in [0.15, 0.2) is 0 Å². The minimum Gasteiger partial charge on any atom is -0.465 e. The first-order valence-electron chi connectivity index (χ1n) is 6.77. The van der Waals surface area contributed by atoms with Gasteiger partial charge >= 0.3 is 5.97 Å². The second-order valence-corrected chi connectivity index (χ2v) is 5.07. The highest BCUT2D eigenvalue weighted by Gasteiger charge is 2.08. The van der Waals surface area contributed by atoms with Crippen LogP contribution in [0.15, 0.2) is 48.8 Å². The lowest BCUT2D eigenvalue weighted by atomic mass is 10.1. The summed E-state index contributed by atoms with van der Waals surface area (Å²) in [4.78, 5) is 16.1. The van der Waals surface area contributed by atoms with E-state index in [1.54, 1.807) is 12.3 Å². The summed E-state index contributed by atoms with van der Waals surface area (Å²) in [5.74, 6) is -0.342. The highest BCUT2D eigenvalue weighted by molar-refractivity contribution is 5.89. The number of carbonyl (C=O) groups excluding carboxylic acids is 1. The van der Waals surface area contributed by atoms with Crippen molar-refractivity contribution in [3.05, 3.63) is 71.2 Å². The molecule has 1 aromatic carbocycles. The van der Waals surface area contributed by atoms with Gasteiger partial charge in [-0.25, -0.2) is 9.78 Å². The lowest BCUT2D eigenvalue weighted by molar-refractivity contribution is 0.0600. The van der Waals surface area contributed by atoms with E-state index < -0.39 is 0 Å². The first-order valence-corrected chi connectivity index (χ1v) is 6.77. The third kappa shape index (κ3) is 2.79. The Kier molecular flexibility index (Phi) is 3.44. The summed E-state index contributed by atoms with van der Waals surface area (Å²) in [6.45, 7) is 2.08. The molecule has 0 unspecified atom stereocenters. The number of benzene rings is 1. The summed E-state index contributed by atoms with van der Waals surface area (Å²) >= 11 is 0. The number of fused-ring (bicyclic) bond motifs is 1. The van der Waals surface area contributed by atoms with Crippen molar-refractivity contribution in [2.75, 3.05) is 7.11 Å². The van der Waals surface area contributed by atoms with Crippen molar-refractivity contribution in [3.63, 3.8) is 0 Å². The van der Waals surface area contributed by atoms with E-state index in [9.17, 15) is 4.79 Å². The van der Waals surface area contributed by atoms with Gasteiger partial charge in [-0.2, -0.15) is 0 Å². The predicted octanol–water partition coefficient (Wildman–Crippen LogP) is 3.02. The molecule has 4 nitrogen and oxygen atoms in total. The van der Waals surface area contributed by atoms with E-state index >= 15 is 0 Å². The molecular weight excluding hydrogens is 264 g/mol. The zero-order valence-electron chi connectivity index (χ0n) is 12.0. The van der Waals surface area contributed by atoms with Gasteiger partial charge in [-0.15, -0.1) is 0 Å². The maximum absolute atomic E-state index is 11.5. The van der Waals surface area contributed by atoms with Gasteiger partial charge in [0.25, 0.3) is 0 Å². The van der Waals surface area contributed by atoms with Crippen molar-refractivity contribution in [2.24, 2.45) is 0 Å². The van der Waals surface area contributed by atoms with Crippen molar-refractivity contribution in [3.8, 4) is 0 Å². The molecule has 106 valence electrons. The molecule has 0 radical (unpaired) electrons. The fourth-order valence-electron chi connectivity index (χ4n) is 2.40. The third-order valence-electron chi connectivity index (χ3n) is 3.39. The van der Waals surface area contributed by atoms with E-state index in [0.29, 0.717) is 5.56 Å². The Labute approximate surface area is 123 Å². The molecule has 0 saturated heterocycles. The average Bonchev–Trinajstić information content (AvgIpc) is 2.87. The first-order chi connectivity index (χ1) is 10.2. The molecule has 0 fully saturated rings. The summed E-state index contributed by atoms with van der Waals surface area (Å²) in [6, 6.07) is 11.9. The molecular formula is C17H16N2O2. The van der Waals surface area contributed by atoms with E-state index in [2.05, 4.69) is 36.2 Å². The lowest BCUT2D eigenvalue weighted by Crippen LogP contribution is -2.02. The van der Waals surface area contributed by atoms with Crippen molar-refractivity contribution in [1.29, 1.82) is 0 Å². The van der Waals surface area contributed by atoms with Crippen LogP contribution in [-0.4, -0.2) is 22.5 Å². The highest BCUT2D eigenvalue weighted by atomic mass is 16.5. The van der Waals surface area contributed by atoms with Crippen LogP contribution in [0.3, 0.4) is 0 Å². The number of aryl methyl sites for hydroxylation is 1. The van der Waals surface area contributed by atoms with Crippen LogP contribution in [0.25, 0.3) is 5.65 Å². The number of rotatable bonds is 3. The Bertz CT molecular complexity index is 805. The SMILES string of the molecule is COC(=O)c1ccc2nc(Cc3cccc(C)c3)cn2c1. The minimum absolute atomic E-state index is 0.342. The van der Waals surface area contributed by atoms with E-state index in [0.717, 1.165) is 17.8 Å². The van der Waals surface area contributed by atoms with E-state index in [1.165, 1.54) is 18.2 Å². The van der Waals surface area contributed by atoms with Crippen LogP contribution in [0.2, 0.25) is 0 Å². The van der Waals surface area contributed by atoms with Crippen LogP contribution in [0, 0.1) is 6.92 Å². The van der Waals surface area contributed by atoms with E-state index in [-0.39, 0.29) is 5.97 Å². The molecule has 0 aliphatic rings. The van der Waals surface area contributed by atoms with Gasteiger partial charge < -0.3 is 9.14 Å². The van der Waals surface area contributed by atoms with Crippen LogP contribution in [-0.2, 0) is 11.2 Å². The molecule has 3 aromatic rings. The third-order valence-corrected chi connectivity index (χ3v) is 3.39. The largest absolute Gasteiger partial charge is 0.465 e. The molecule has 0 aliphatic heterocycles. The summed E-state index contributed by atoms with van der Waals surface area (Å²) in [7, 11) is 1.38. The molecule has 0 aliphatic carbocycles. The Morgan fingerprint density at radius 2 is 2.10 bits per heavy atom. The number of imidazole rings is 1. The van der Waals surface area contributed by atoms with Gasteiger partial charge in [0, 0.05) is 18.8 Å². The number of aromatic nitrogens is 2. The second-order valence-electron chi connectivity index (χ2n) is 5.07. The van der Waals surface area contributed by atoms with Crippen LogP contribution >= 0.6 is 0 Å². The quantitative estimate of drug-likeness (QED) is 0.693. The van der Waals surface area contributed by atoms with Crippen LogP contribution in [0.5, 0.6) is 0 Å². The second kappa shape index (κ2) is 5.40. The molecule has 0 saturated carbocycles. The normalized spacial score (nSPS) is 10.8. The van der Waals surface area contributed by atoms with E-state index in [1.807, 2.05) is 16.7 Å². The van der Waals surface area contributed by atoms with Gasteiger partial charge in [-0.1, -0.05) is 29.8 Å². The number of hydrogen-bond acceptors (Lipinski definition) is 3. The van der Waals surface area contributed by atoms with Gasteiger partial charge in [-0.05, 0) is 24.6 Å². The van der Waals surface area contributed by atoms with Gasteiger partial charge in [0.05, 0.1) is 18.4 Å². The molecule has 4 heteroatoms. The number of ether oxygens (including phenoxy) is 1. The van der Waals surface area contributed by atoms with E-state index in [4.69, 9.17) is 4.74 Å². The molecule has 0 bridgehead atoms. The first kappa shape index (κ1) is 13.4. The Balaban J connectivity index is 1.92. The monoisotopic (exact) mass is 280 g/mol. The number of nitrogens with zero attached hydrogens (tertiary/aromatic N) is 2. The molecule has 0 N–H and O–H groups in total. The molecule has 0 atom stereocenters. The fourth-order valence-corrected chi connectivity index (χ4v) is 2.40. The highest BCUT2D eigenvalue weighted by Crippen LogP contribution is 2.13. The molecule has 21 heavy (non-hydrogen) atoms. The number of carbonyl (C=O) groups is 1. The summed E-state index contributed by atoms with van der Waals surface area (Å²) in [5.41, 5.74) is 4.79. The number of esters is 1. The zero-order valence-corrected chi connectivity index (χ0v) is 12.0. The Morgan fingerprint density at radius 1 is 1.24 bits per heavy atom. The van der Waals surface area contributed by atoms with Gasteiger partial charge in [0.2, 0.25) is 0 Å². The fraction of sp³-hybridized carbons (Fsp3) is 0.176. The van der Waals surface area contributed by atoms with Crippen molar-refractivity contribution in [2.45, 2.75) is 13.3 Å². The van der Waals surface area contributed by atoms with Crippen LogP contribution in [0.4, 0.5) is 0 Å².